The lowest BCUT2D eigenvalue weighted by atomic mass is 10.1. The average Bonchev–Trinajstić information content (AvgIpc) is 3.40. The molecule has 0 aliphatic heterocycles. The molecule has 0 bridgehead atoms. The van der Waals surface area contributed by atoms with Crippen molar-refractivity contribution in [3.8, 4) is 17.0 Å². The summed E-state index contributed by atoms with van der Waals surface area (Å²) in [6.45, 7) is 2.87. The van der Waals surface area contributed by atoms with Crippen LogP contribution in [0.15, 0.2) is 59.8 Å². The lowest BCUT2D eigenvalue weighted by Gasteiger charge is -2.04. The molecule has 4 rings (SSSR count). The number of nitrogens with zero attached hydrogens (tertiary/aromatic N) is 4. The van der Waals surface area contributed by atoms with E-state index in [4.69, 9.17) is 4.74 Å². The topological polar surface area (TPSA) is 81.4 Å². The normalized spacial score (nSPS) is 11.2. The van der Waals surface area contributed by atoms with Gasteiger partial charge in [-0.1, -0.05) is 18.2 Å². The van der Waals surface area contributed by atoms with Crippen molar-refractivity contribution in [2.75, 3.05) is 7.11 Å². The van der Waals surface area contributed by atoms with Gasteiger partial charge in [-0.15, -0.1) is 0 Å². The van der Waals surface area contributed by atoms with Gasteiger partial charge in [-0.2, -0.15) is 14.6 Å². The van der Waals surface area contributed by atoms with Crippen LogP contribution in [0, 0.1) is 0 Å². The molecule has 0 atom stereocenters. The quantitative estimate of drug-likeness (QED) is 0.389. The molecule has 1 N–H and O–H groups in total. The van der Waals surface area contributed by atoms with Crippen LogP contribution in [0.1, 0.15) is 22.2 Å². The Morgan fingerprint density at radius 1 is 1.28 bits per heavy atom. The molecule has 0 aliphatic carbocycles. The molecular weight excluding hydrogens is 386 g/mol. The molecule has 2 aromatic carbocycles. The number of hydrogen-bond donors (Lipinski definition) is 1. The van der Waals surface area contributed by atoms with Crippen LogP contribution < -0.4 is 10.2 Å². The standard InChI is InChI=1S/C21H19N5O2S/c1-3-26-18-9-8-14(10-15(18)13-23-26)12-22-24-21(27)20-11-17(25-29-20)16-6-4-5-7-19(16)28-2/h4-13H,3H2,1-2H3,(H,24,27)/b22-12+. The van der Waals surface area contributed by atoms with Crippen LogP contribution >= 0.6 is 11.5 Å². The van der Waals surface area contributed by atoms with Crippen molar-refractivity contribution < 1.29 is 9.53 Å². The van der Waals surface area contributed by atoms with Gasteiger partial charge in [0, 0.05) is 17.5 Å². The zero-order chi connectivity index (χ0) is 20.2. The van der Waals surface area contributed by atoms with Crippen LogP contribution in [0.2, 0.25) is 0 Å². The van der Waals surface area contributed by atoms with Crippen molar-refractivity contribution in [3.05, 3.63) is 65.2 Å². The fourth-order valence-electron chi connectivity index (χ4n) is 3.02. The smallest absolute Gasteiger partial charge is 0.283 e. The number of hydrazone groups is 1. The first-order valence-corrected chi connectivity index (χ1v) is 9.86. The summed E-state index contributed by atoms with van der Waals surface area (Å²) in [5.74, 6) is 0.407. The Balaban J connectivity index is 1.45. The number of rotatable bonds is 6. The number of amides is 1. The Hall–Kier alpha value is -3.52. The SMILES string of the molecule is CCn1ncc2cc(/C=N/NC(=O)c3cc(-c4ccccc4OC)ns3)ccc21. The van der Waals surface area contributed by atoms with Gasteiger partial charge in [0.05, 0.1) is 30.7 Å². The number of aryl methyl sites for hydroxylation is 1. The van der Waals surface area contributed by atoms with E-state index < -0.39 is 0 Å². The van der Waals surface area contributed by atoms with E-state index in [1.807, 2.05) is 53.3 Å². The second-order valence-electron chi connectivity index (χ2n) is 6.25. The van der Waals surface area contributed by atoms with Gasteiger partial charge in [-0.3, -0.25) is 9.48 Å². The first-order chi connectivity index (χ1) is 14.2. The van der Waals surface area contributed by atoms with E-state index in [0.717, 1.165) is 40.1 Å². The monoisotopic (exact) mass is 405 g/mol. The van der Waals surface area contributed by atoms with Gasteiger partial charge in [0.25, 0.3) is 5.91 Å². The van der Waals surface area contributed by atoms with Gasteiger partial charge >= 0.3 is 0 Å². The second-order valence-corrected chi connectivity index (χ2v) is 7.06. The highest BCUT2D eigenvalue weighted by Crippen LogP contribution is 2.30. The van der Waals surface area contributed by atoms with Crippen molar-refractivity contribution in [2.45, 2.75) is 13.5 Å². The second kappa shape index (κ2) is 8.24. The van der Waals surface area contributed by atoms with E-state index in [2.05, 4.69) is 26.9 Å². The highest BCUT2D eigenvalue weighted by atomic mass is 32.1. The summed E-state index contributed by atoms with van der Waals surface area (Å²) in [5.41, 5.74) is 6.04. The zero-order valence-electron chi connectivity index (χ0n) is 16.0. The Kier molecular flexibility index (Phi) is 5.35. The summed E-state index contributed by atoms with van der Waals surface area (Å²) < 4.78 is 11.7. The molecule has 29 heavy (non-hydrogen) atoms. The number of methoxy groups -OCH3 is 1. The van der Waals surface area contributed by atoms with E-state index in [-0.39, 0.29) is 5.91 Å². The highest BCUT2D eigenvalue weighted by Gasteiger charge is 2.13. The highest BCUT2D eigenvalue weighted by molar-refractivity contribution is 7.08. The number of para-hydroxylation sites is 1. The number of fused-ring (bicyclic) bond motifs is 1. The number of ether oxygens (including phenoxy) is 1. The summed E-state index contributed by atoms with van der Waals surface area (Å²) in [6, 6.07) is 15.2. The van der Waals surface area contributed by atoms with E-state index >= 15 is 0 Å². The van der Waals surface area contributed by atoms with Crippen LogP contribution in [0.4, 0.5) is 0 Å². The molecule has 0 fully saturated rings. The number of hydrogen-bond acceptors (Lipinski definition) is 6. The molecule has 1 amide bonds. The predicted octanol–water partition coefficient (Wildman–Crippen LogP) is 3.95. The van der Waals surface area contributed by atoms with Crippen LogP contribution in [0.25, 0.3) is 22.2 Å². The predicted molar refractivity (Wildman–Crippen MR) is 115 cm³/mol. The average molecular weight is 405 g/mol. The molecule has 0 saturated carbocycles. The van der Waals surface area contributed by atoms with Gasteiger partial charge in [0.15, 0.2) is 0 Å². The first kappa shape index (κ1) is 18.8. The summed E-state index contributed by atoms with van der Waals surface area (Å²) >= 11 is 1.12. The molecule has 7 nitrogen and oxygen atoms in total. The fourth-order valence-corrected chi connectivity index (χ4v) is 3.66. The number of nitrogens with one attached hydrogen (secondary N) is 1. The molecule has 0 saturated heterocycles. The lowest BCUT2D eigenvalue weighted by molar-refractivity contribution is 0.0959. The van der Waals surface area contributed by atoms with Crippen molar-refractivity contribution in [1.82, 2.24) is 19.6 Å². The number of carbonyl (C=O) groups is 1. The first-order valence-electron chi connectivity index (χ1n) is 9.08. The van der Waals surface area contributed by atoms with E-state index in [0.29, 0.717) is 16.3 Å². The van der Waals surface area contributed by atoms with E-state index in [9.17, 15) is 4.79 Å². The Morgan fingerprint density at radius 2 is 2.14 bits per heavy atom. The summed E-state index contributed by atoms with van der Waals surface area (Å²) in [5, 5.41) is 9.43. The zero-order valence-corrected chi connectivity index (χ0v) is 16.8. The third kappa shape index (κ3) is 3.88. The summed E-state index contributed by atoms with van der Waals surface area (Å²) in [6.07, 6.45) is 3.44. The van der Waals surface area contributed by atoms with Gasteiger partial charge in [-0.25, -0.2) is 5.43 Å². The molecule has 0 aliphatic rings. The van der Waals surface area contributed by atoms with Crippen molar-refractivity contribution in [2.24, 2.45) is 5.10 Å². The number of benzene rings is 2. The molecule has 0 unspecified atom stereocenters. The minimum absolute atomic E-state index is 0.306. The van der Waals surface area contributed by atoms with Crippen LogP contribution in [-0.4, -0.2) is 33.4 Å². The van der Waals surface area contributed by atoms with Gasteiger partial charge in [-0.05, 0) is 54.4 Å². The van der Waals surface area contributed by atoms with Crippen molar-refractivity contribution >= 4 is 34.6 Å². The Bertz CT molecular complexity index is 1190. The van der Waals surface area contributed by atoms with Crippen LogP contribution in [-0.2, 0) is 6.54 Å². The maximum Gasteiger partial charge on any atom is 0.283 e. The Morgan fingerprint density at radius 3 is 2.97 bits per heavy atom. The third-order valence-electron chi connectivity index (χ3n) is 4.46. The van der Waals surface area contributed by atoms with Gasteiger partial charge < -0.3 is 4.74 Å². The fraction of sp³-hybridized carbons (Fsp3) is 0.143. The molecule has 2 heterocycles. The molecule has 8 heteroatoms. The lowest BCUT2D eigenvalue weighted by Crippen LogP contribution is -2.16. The largest absolute Gasteiger partial charge is 0.496 e. The van der Waals surface area contributed by atoms with Crippen molar-refractivity contribution in [3.63, 3.8) is 0 Å². The van der Waals surface area contributed by atoms with Crippen molar-refractivity contribution in [1.29, 1.82) is 0 Å². The molecule has 146 valence electrons. The third-order valence-corrected chi connectivity index (χ3v) is 5.25. The minimum atomic E-state index is -0.306. The van der Waals surface area contributed by atoms with E-state index in [1.165, 1.54) is 0 Å². The molecule has 0 spiro atoms. The van der Waals surface area contributed by atoms with Crippen LogP contribution in [0.3, 0.4) is 0 Å². The van der Waals surface area contributed by atoms with E-state index in [1.54, 1.807) is 19.4 Å². The summed E-state index contributed by atoms with van der Waals surface area (Å²) in [4.78, 5) is 12.9. The molecular formula is C21H19N5O2S. The Labute approximate surface area is 171 Å². The molecule has 4 aromatic rings. The van der Waals surface area contributed by atoms with Crippen LogP contribution in [0.5, 0.6) is 5.75 Å². The molecule has 0 radical (unpaired) electrons. The minimum Gasteiger partial charge on any atom is -0.496 e. The summed E-state index contributed by atoms with van der Waals surface area (Å²) in [7, 11) is 1.61. The number of aromatic nitrogens is 3. The van der Waals surface area contributed by atoms with Gasteiger partial charge in [0.1, 0.15) is 10.6 Å². The maximum absolute atomic E-state index is 12.4. The van der Waals surface area contributed by atoms with Gasteiger partial charge in [0.2, 0.25) is 0 Å². The maximum atomic E-state index is 12.4. The molecule has 2 aromatic heterocycles. The number of carbonyl (C=O) groups excluding carboxylic acids is 1.